The van der Waals surface area contributed by atoms with Gasteiger partial charge in [-0.05, 0) is 49.1 Å². The van der Waals surface area contributed by atoms with Crippen molar-refractivity contribution < 1.29 is 14.3 Å². The number of carbonyl (C=O) groups excluding carboxylic acids is 1. The highest BCUT2D eigenvalue weighted by molar-refractivity contribution is 5.90. The average Bonchev–Trinajstić information content (AvgIpc) is 2.84. The smallest absolute Gasteiger partial charge is 0.291 e. The van der Waals surface area contributed by atoms with Crippen LogP contribution in [0.3, 0.4) is 0 Å². The van der Waals surface area contributed by atoms with Gasteiger partial charge in [-0.3, -0.25) is 4.79 Å². The third-order valence-electron chi connectivity index (χ3n) is 6.81. The van der Waals surface area contributed by atoms with E-state index in [1.165, 1.54) is 36.0 Å². The number of aryl methyl sites for hydroxylation is 1. The minimum absolute atomic E-state index is 0.119. The zero-order chi connectivity index (χ0) is 22.7. The van der Waals surface area contributed by atoms with Crippen molar-refractivity contribution >= 4 is 5.91 Å². The molecule has 1 saturated heterocycles. The van der Waals surface area contributed by atoms with Gasteiger partial charge in [-0.25, -0.2) is 9.97 Å². The summed E-state index contributed by atoms with van der Waals surface area (Å²) in [5, 5.41) is 0. The summed E-state index contributed by atoms with van der Waals surface area (Å²) in [7, 11) is 0. The topological polar surface area (TPSA) is 64.5 Å². The van der Waals surface area contributed by atoms with Crippen molar-refractivity contribution in [2.75, 3.05) is 26.3 Å². The van der Waals surface area contributed by atoms with Crippen LogP contribution in [0.2, 0.25) is 0 Å². The number of carbonyl (C=O) groups is 1. The van der Waals surface area contributed by atoms with Crippen LogP contribution in [0.15, 0.2) is 60.8 Å². The second kappa shape index (κ2) is 9.32. The van der Waals surface area contributed by atoms with E-state index in [1.54, 1.807) is 17.2 Å². The number of aromatic nitrogens is 2. The van der Waals surface area contributed by atoms with E-state index in [1.807, 2.05) is 12.1 Å². The zero-order valence-electron chi connectivity index (χ0n) is 19.0. The van der Waals surface area contributed by atoms with E-state index in [0.717, 1.165) is 5.75 Å². The first-order valence-electron chi connectivity index (χ1n) is 11.6. The second-order valence-electron chi connectivity index (χ2n) is 8.89. The fraction of sp³-hybridized carbons (Fsp3) is 0.370. The third kappa shape index (κ3) is 4.48. The Morgan fingerprint density at radius 2 is 1.67 bits per heavy atom. The third-order valence-corrected chi connectivity index (χ3v) is 6.81. The monoisotopic (exact) mass is 443 g/mol. The summed E-state index contributed by atoms with van der Waals surface area (Å²) in [4.78, 5) is 22.9. The number of benzene rings is 2. The van der Waals surface area contributed by atoms with E-state index in [4.69, 9.17) is 9.47 Å². The summed E-state index contributed by atoms with van der Waals surface area (Å²) in [6.07, 6.45) is 5.23. The lowest BCUT2D eigenvalue weighted by molar-refractivity contribution is 0.0294. The second-order valence-corrected chi connectivity index (χ2v) is 8.89. The van der Waals surface area contributed by atoms with Crippen molar-refractivity contribution in [2.45, 2.75) is 38.2 Å². The van der Waals surface area contributed by atoms with Gasteiger partial charge in [-0.1, -0.05) is 48.4 Å². The van der Waals surface area contributed by atoms with Crippen molar-refractivity contribution in [2.24, 2.45) is 0 Å². The number of amides is 1. The summed E-state index contributed by atoms with van der Waals surface area (Å²) < 4.78 is 11.3. The molecule has 0 bridgehead atoms. The Morgan fingerprint density at radius 3 is 2.30 bits per heavy atom. The largest absolute Gasteiger partial charge is 0.487 e. The summed E-state index contributed by atoms with van der Waals surface area (Å²) in [5.41, 5.74) is 4.82. The zero-order valence-corrected chi connectivity index (χ0v) is 19.0. The molecule has 5 rings (SSSR count). The Kier molecular flexibility index (Phi) is 6.09. The number of nitrogens with zero attached hydrogens (tertiary/aromatic N) is 3. The highest BCUT2D eigenvalue weighted by Crippen LogP contribution is 2.49. The summed E-state index contributed by atoms with van der Waals surface area (Å²) in [5.74, 6) is 0.835. The van der Waals surface area contributed by atoms with Crippen molar-refractivity contribution in [3.05, 3.63) is 89.0 Å². The van der Waals surface area contributed by atoms with Gasteiger partial charge in [0.05, 0.1) is 18.9 Å². The van der Waals surface area contributed by atoms with Crippen LogP contribution < -0.4 is 4.74 Å². The highest BCUT2D eigenvalue weighted by atomic mass is 16.5. The first-order valence-corrected chi connectivity index (χ1v) is 11.6. The van der Waals surface area contributed by atoms with E-state index in [0.29, 0.717) is 32.0 Å². The maximum atomic E-state index is 12.6. The Balaban J connectivity index is 1.25. The number of hydrogen-bond donors (Lipinski definition) is 0. The first kappa shape index (κ1) is 21.6. The maximum absolute atomic E-state index is 12.6. The lowest BCUT2D eigenvalue weighted by Crippen LogP contribution is -2.41. The lowest BCUT2D eigenvalue weighted by Gasteiger charge is -2.43. The number of hydrogen-bond acceptors (Lipinski definition) is 5. The molecule has 0 radical (unpaired) electrons. The molecule has 0 N–H and O–H groups in total. The molecule has 1 amide bonds. The maximum Gasteiger partial charge on any atom is 0.291 e. The summed E-state index contributed by atoms with van der Waals surface area (Å²) in [6.45, 7) is 4.65. The molecule has 0 atom stereocenters. The minimum Gasteiger partial charge on any atom is -0.487 e. The molecular weight excluding hydrogens is 414 g/mol. The molecular formula is C27H29N3O3. The van der Waals surface area contributed by atoms with Crippen LogP contribution in [-0.2, 0) is 16.8 Å². The van der Waals surface area contributed by atoms with Crippen LogP contribution in [0.25, 0.3) is 0 Å². The van der Waals surface area contributed by atoms with Crippen LogP contribution in [0.1, 0.15) is 52.3 Å². The predicted octanol–water partition coefficient (Wildman–Crippen LogP) is 4.31. The van der Waals surface area contributed by atoms with Crippen molar-refractivity contribution in [3.8, 4) is 5.75 Å². The molecule has 1 saturated carbocycles. The van der Waals surface area contributed by atoms with Gasteiger partial charge in [-0.15, -0.1) is 0 Å². The van der Waals surface area contributed by atoms with Crippen LogP contribution >= 0.6 is 0 Å². The van der Waals surface area contributed by atoms with Crippen LogP contribution in [0.4, 0.5) is 0 Å². The van der Waals surface area contributed by atoms with Crippen LogP contribution in [-0.4, -0.2) is 47.1 Å². The van der Waals surface area contributed by atoms with Crippen molar-refractivity contribution in [3.63, 3.8) is 0 Å². The van der Waals surface area contributed by atoms with Gasteiger partial charge in [0.15, 0.2) is 0 Å². The number of morpholine rings is 1. The van der Waals surface area contributed by atoms with E-state index >= 15 is 0 Å². The minimum atomic E-state index is -0.161. The molecule has 33 heavy (non-hydrogen) atoms. The predicted molar refractivity (Wildman–Crippen MR) is 125 cm³/mol. The van der Waals surface area contributed by atoms with Crippen molar-refractivity contribution in [1.82, 2.24) is 14.9 Å². The lowest BCUT2D eigenvalue weighted by atomic mass is 9.60. The molecule has 6 heteroatoms. The molecule has 0 spiro atoms. The fourth-order valence-corrected chi connectivity index (χ4v) is 4.66. The van der Waals surface area contributed by atoms with E-state index in [-0.39, 0.29) is 23.8 Å². The first-order chi connectivity index (χ1) is 16.1. The molecule has 6 nitrogen and oxygen atoms in total. The summed E-state index contributed by atoms with van der Waals surface area (Å²) in [6, 6.07) is 19.1. The quantitative estimate of drug-likeness (QED) is 0.568. The van der Waals surface area contributed by atoms with E-state index in [2.05, 4.69) is 53.3 Å². The molecule has 1 aromatic heterocycles. The van der Waals surface area contributed by atoms with Gasteiger partial charge >= 0.3 is 0 Å². The van der Waals surface area contributed by atoms with Gasteiger partial charge in [0, 0.05) is 24.7 Å². The van der Waals surface area contributed by atoms with Gasteiger partial charge in [0.1, 0.15) is 12.4 Å². The molecule has 2 aliphatic rings. The molecule has 3 aromatic rings. The Hall–Kier alpha value is -3.25. The molecule has 0 unspecified atom stereocenters. The van der Waals surface area contributed by atoms with E-state index < -0.39 is 0 Å². The molecule has 2 fully saturated rings. The van der Waals surface area contributed by atoms with Crippen LogP contribution in [0.5, 0.6) is 5.75 Å². The van der Waals surface area contributed by atoms with E-state index in [9.17, 15) is 4.79 Å². The standard InChI is InChI=1S/C27H29N3O3/c1-20-3-5-21(6-4-20)27(12-2-13-27)22-7-9-24(10-8-22)33-19-23-11-14-28-25(29-23)26(31)30-15-17-32-18-16-30/h3-11,14H,2,12-13,15-19H2,1H3. The Bertz CT molecular complexity index is 1100. The molecule has 1 aliphatic carbocycles. The van der Waals surface area contributed by atoms with Gasteiger partial charge < -0.3 is 14.4 Å². The van der Waals surface area contributed by atoms with Gasteiger partial charge in [0.2, 0.25) is 5.82 Å². The van der Waals surface area contributed by atoms with Crippen LogP contribution in [0, 0.1) is 6.92 Å². The normalized spacial score (nSPS) is 17.3. The average molecular weight is 444 g/mol. The Labute approximate surface area is 194 Å². The molecule has 2 aromatic carbocycles. The molecule has 1 aliphatic heterocycles. The summed E-state index contributed by atoms with van der Waals surface area (Å²) >= 11 is 0. The fourth-order valence-electron chi connectivity index (χ4n) is 4.66. The van der Waals surface area contributed by atoms with Gasteiger partial charge in [-0.2, -0.15) is 0 Å². The SMILES string of the molecule is Cc1ccc(C2(c3ccc(OCc4ccnc(C(=O)N5CCOCC5)n4)cc3)CCC2)cc1. The number of rotatable bonds is 6. The molecule has 170 valence electrons. The van der Waals surface area contributed by atoms with Crippen molar-refractivity contribution in [1.29, 1.82) is 0 Å². The highest BCUT2D eigenvalue weighted by Gasteiger charge is 2.40. The molecule has 2 heterocycles. The van der Waals surface area contributed by atoms with Gasteiger partial charge in [0.25, 0.3) is 5.91 Å². The number of ether oxygens (including phenoxy) is 2. The Morgan fingerprint density at radius 1 is 1.00 bits per heavy atom.